The SMILES string of the molecule is C=C(NC(=O)OC)c1ccc(CCC(/C=C/c2cc(F)ccc2OC(F)(F)c2ccc(-c3ccc(C(F)(F)F)cc3)cc2)Cc2ccc(C)cc2)cc1. The maximum Gasteiger partial charge on any atom is 0.426 e. The molecule has 0 fully saturated rings. The van der Waals surface area contributed by atoms with E-state index in [9.17, 15) is 22.4 Å². The highest BCUT2D eigenvalue weighted by Crippen LogP contribution is 2.36. The Morgan fingerprint density at radius 3 is 1.96 bits per heavy atom. The van der Waals surface area contributed by atoms with E-state index in [-0.39, 0.29) is 17.2 Å². The van der Waals surface area contributed by atoms with Gasteiger partial charge in [-0.1, -0.05) is 97.1 Å². The van der Waals surface area contributed by atoms with Crippen molar-refractivity contribution in [2.45, 2.75) is 38.5 Å². The van der Waals surface area contributed by atoms with Crippen LogP contribution in [0.25, 0.3) is 22.9 Å². The molecule has 1 amide bonds. The van der Waals surface area contributed by atoms with Crippen molar-refractivity contribution in [3.63, 3.8) is 0 Å². The molecule has 0 spiro atoms. The van der Waals surface area contributed by atoms with Crippen molar-refractivity contribution in [2.75, 3.05) is 7.11 Å². The van der Waals surface area contributed by atoms with Crippen LogP contribution in [0.1, 0.15) is 45.4 Å². The van der Waals surface area contributed by atoms with E-state index in [2.05, 4.69) is 16.6 Å². The Bertz CT molecular complexity index is 2040. The predicted molar refractivity (Wildman–Crippen MR) is 195 cm³/mol. The summed E-state index contributed by atoms with van der Waals surface area (Å²) in [4.78, 5) is 11.5. The number of alkyl carbamates (subject to hydrolysis) is 1. The Balaban J connectivity index is 1.33. The molecule has 0 bridgehead atoms. The lowest BCUT2D eigenvalue weighted by Crippen LogP contribution is -2.22. The van der Waals surface area contributed by atoms with Crippen molar-refractivity contribution in [1.82, 2.24) is 5.32 Å². The maximum atomic E-state index is 15.5. The molecule has 5 aromatic carbocycles. The van der Waals surface area contributed by atoms with Gasteiger partial charge >= 0.3 is 18.4 Å². The average molecular weight is 730 g/mol. The highest BCUT2D eigenvalue weighted by molar-refractivity contribution is 5.80. The van der Waals surface area contributed by atoms with Gasteiger partial charge in [0.1, 0.15) is 11.6 Å². The maximum absolute atomic E-state index is 15.5. The first-order valence-electron chi connectivity index (χ1n) is 16.7. The Hall–Kier alpha value is -5.77. The molecule has 0 radical (unpaired) electrons. The van der Waals surface area contributed by atoms with E-state index < -0.39 is 35.3 Å². The number of ether oxygens (including phenoxy) is 2. The van der Waals surface area contributed by atoms with Gasteiger partial charge < -0.3 is 9.47 Å². The van der Waals surface area contributed by atoms with Gasteiger partial charge in [0.05, 0.1) is 18.2 Å². The molecule has 4 nitrogen and oxygen atoms in total. The number of aryl methyl sites for hydroxylation is 2. The third kappa shape index (κ3) is 10.6. The highest BCUT2D eigenvalue weighted by Gasteiger charge is 2.35. The molecule has 1 N–H and O–H groups in total. The largest absolute Gasteiger partial charge is 0.453 e. The summed E-state index contributed by atoms with van der Waals surface area (Å²) >= 11 is 0. The molecule has 0 heterocycles. The number of halogens is 6. The lowest BCUT2D eigenvalue weighted by atomic mass is 9.91. The van der Waals surface area contributed by atoms with Crippen LogP contribution in [0.3, 0.4) is 0 Å². The second-order valence-corrected chi connectivity index (χ2v) is 12.6. The first kappa shape index (κ1) is 38.5. The average Bonchev–Trinajstić information content (AvgIpc) is 3.14. The standard InChI is InChI=1S/C43H37F6NO3/c1-28-4-6-31(7-5-28)26-32(9-8-30-10-13-33(14-11-30)29(2)50-41(51)52-3)12-15-36-27-39(44)24-25-40(36)53-43(48,49)38-22-18-35(19-23-38)34-16-20-37(21-17-34)42(45,46)47/h4-7,10-25,27,32H,2,8-9,26H2,1,3H3,(H,50,51)/b15-12+. The zero-order chi connectivity index (χ0) is 38.2. The van der Waals surface area contributed by atoms with Crippen LogP contribution in [-0.2, 0) is 29.9 Å². The molecular formula is C43H37F6NO3. The zero-order valence-corrected chi connectivity index (χ0v) is 29.0. The fraction of sp³-hybridized carbons (Fsp3) is 0.186. The molecule has 0 aromatic heterocycles. The van der Waals surface area contributed by atoms with Gasteiger partial charge in [0.15, 0.2) is 0 Å². The first-order chi connectivity index (χ1) is 25.2. The lowest BCUT2D eigenvalue weighted by Gasteiger charge is -2.20. The number of methoxy groups -OCH3 is 1. The van der Waals surface area contributed by atoms with E-state index in [0.717, 1.165) is 64.7 Å². The van der Waals surface area contributed by atoms with E-state index in [1.165, 1.54) is 31.4 Å². The number of hydrogen-bond donors (Lipinski definition) is 1. The number of carbonyl (C=O) groups excluding carboxylic acids is 1. The van der Waals surface area contributed by atoms with Crippen LogP contribution < -0.4 is 10.1 Å². The minimum absolute atomic E-state index is 0.0669. The Morgan fingerprint density at radius 2 is 1.38 bits per heavy atom. The van der Waals surface area contributed by atoms with Crippen LogP contribution in [0, 0.1) is 18.7 Å². The summed E-state index contributed by atoms with van der Waals surface area (Å²) in [6.45, 7) is 5.86. The molecular weight excluding hydrogens is 692 g/mol. The van der Waals surface area contributed by atoms with Gasteiger partial charge in [-0.25, -0.2) is 9.18 Å². The van der Waals surface area contributed by atoms with Crippen LogP contribution >= 0.6 is 0 Å². The molecule has 0 aliphatic heterocycles. The molecule has 0 aliphatic carbocycles. The van der Waals surface area contributed by atoms with Crippen LogP contribution in [-0.4, -0.2) is 13.2 Å². The molecule has 1 unspecified atom stereocenters. The number of allylic oxidation sites excluding steroid dienone is 1. The quantitative estimate of drug-likeness (QED) is 0.123. The molecule has 0 saturated heterocycles. The molecule has 1 atom stereocenters. The number of rotatable bonds is 13. The molecule has 0 aliphatic rings. The van der Waals surface area contributed by atoms with Crippen LogP contribution in [0.15, 0.2) is 128 Å². The molecule has 274 valence electrons. The minimum atomic E-state index is -4.49. The summed E-state index contributed by atoms with van der Waals surface area (Å²) in [7, 11) is 1.27. The molecule has 53 heavy (non-hydrogen) atoms. The van der Waals surface area contributed by atoms with Crippen LogP contribution in [0.4, 0.5) is 31.1 Å². The zero-order valence-electron chi connectivity index (χ0n) is 29.0. The Morgan fingerprint density at radius 1 is 0.792 bits per heavy atom. The minimum Gasteiger partial charge on any atom is -0.453 e. The van der Waals surface area contributed by atoms with Gasteiger partial charge in [0.2, 0.25) is 0 Å². The van der Waals surface area contributed by atoms with E-state index in [4.69, 9.17) is 4.74 Å². The third-order valence-corrected chi connectivity index (χ3v) is 8.69. The monoisotopic (exact) mass is 729 g/mol. The summed E-state index contributed by atoms with van der Waals surface area (Å²) in [5, 5.41) is 2.55. The van der Waals surface area contributed by atoms with Gasteiger partial charge in [-0.3, -0.25) is 5.32 Å². The summed E-state index contributed by atoms with van der Waals surface area (Å²) in [6, 6.07) is 28.4. The second kappa shape index (κ2) is 16.7. The fourth-order valence-electron chi connectivity index (χ4n) is 5.65. The number of hydrogen-bond acceptors (Lipinski definition) is 3. The first-order valence-corrected chi connectivity index (χ1v) is 16.7. The normalized spacial score (nSPS) is 12.4. The van der Waals surface area contributed by atoms with Crippen molar-refractivity contribution in [2.24, 2.45) is 5.92 Å². The molecule has 5 aromatic rings. The number of nitrogens with one attached hydrogen (secondary N) is 1. The third-order valence-electron chi connectivity index (χ3n) is 8.69. The van der Waals surface area contributed by atoms with Crippen molar-refractivity contribution in [3.05, 3.63) is 173 Å². The molecule has 0 saturated carbocycles. The Kier molecular flexibility index (Phi) is 12.1. The summed E-state index contributed by atoms with van der Waals surface area (Å²) in [5.74, 6) is -0.924. The summed E-state index contributed by atoms with van der Waals surface area (Å²) < 4.78 is 94.2. The van der Waals surface area contributed by atoms with E-state index in [0.29, 0.717) is 36.1 Å². The Labute approximate surface area is 304 Å². The van der Waals surface area contributed by atoms with E-state index >= 15 is 8.78 Å². The summed E-state index contributed by atoms with van der Waals surface area (Å²) in [5.41, 5.74) is 4.04. The number of amides is 1. The van der Waals surface area contributed by atoms with E-state index in [1.807, 2.05) is 61.5 Å². The number of alkyl halides is 5. The summed E-state index contributed by atoms with van der Waals surface area (Å²) in [6.07, 6.45) is -3.47. The van der Waals surface area contributed by atoms with Crippen LogP contribution in [0.2, 0.25) is 0 Å². The van der Waals surface area contributed by atoms with Gasteiger partial charge in [0, 0.05) is 11.3 Å². The second-order valence-electron chi connectivity index (χ2n) is 12.6. The lowest BCUT2D eigenvalue weighted by molar-refractivity contribution is -0.185. The van der Waals surface area contributed by atoms with Crippen molar-refractivity contribution < 1.29 is 40.6 Å². The van der Waals surface area contributed by atoms with Gasteiger partial charge in [0.25, 0.3) is 0 Å². The smallest absolute Gasteiger partial charge is 0.426 e. The molecule has 10 heteroatoms. The van der Waals surface area contributed by atoms with Gasteiger partial charge in [-0.15, -0.1) is 0 Å². The van der Waals surface area contributed by atoms with Crippen molar-refractivity contribution >= 4 is 17.9 Å². The van der Waals surface area contributed by atoms with Crippen LogP contribution in [0.5, 0.6) is 5.75 Å². The van der Waals surface area contributed by atoms with E-state index in [1.54, 1.807) is 6.08 Å². The molecule has 5 rings (SSSR count). The fourth-order valence-corrected chi connectivity index (χ4v) is 5.65. The predicted octanol–water partition coefficient (Wildman–Crippen LogP) is 11.8. The number of carbonyl (C=O) groups is 1. The van der Waals surface area contributed by atoms with Gasteiger partial charge in [-0.2, -0.15) is 22.0 Å². The van der Waals surface area contributed by atoms with Crippen molar-refractivity contribution in [1.29, 1.82) is 0 Å². The van der Waals surface area contributed by atoms with Crippen molar-refractivity contribution in [3.8, 4) is 16.9 Å². The van der Waals surface area contributed by atoms with Gasteiger partial charge in [-0.05, 0) is 102 Å². The highest BCUT2D eigenvalue weighted by atomic mass is 19.4. The number of benzene rings is 5. The topological polar surface area (TPSA) is 47.6 Å².